The summed E-state index contributed by atoms with van der Waals surface area (Å²) in [6.07, 6.45) is 2.42. The summed E-state index contributed by atoms with van der Waals surface area (Å²) < 4.78 is 5.72. The van der Waals surface area contributed by atoms with Crippen molar-refractivity contribution in [3.8, 4) is 11.6 Å². The molecule has 0 atom stereocenters. The smallest absolute Gasteiger partial charge is 0.251 e. The highest BCUT2D eigenvalue weighted by Crippen LogP contribution is 2.23. The number of aromatic nitrogens is 2. The van der Waals surface area contributed by atoms with Crippen LogP contribution in [0.5, 0.6) is 0 Å². The molecule has 0 fully saturated rings. The van der Waals surface area contributed by atoms with Crippen LogP contribution in [0, 0.1) is 0 Å². The van der Waals surface area contributed by atoms with Crippen molar-refractivity contribution in [1.82, 2.24) is 15.3 Å². The summed E-state index contributed by atoms with van der Waals surface area (Å²) in [5.74, 6) is 0.291. The van der Waals surface area contributed by atoms with E-state index < -0.39 is 0 Å². The number of carbonyl (C=O) groups excluding carboxylic acids is 1. The molecule has 2 aromatic carbocycles. The fourth-order valence-electron chi connectivity index (χ4n) is 2.74. The van der Waals surface area contributed by atoms with Gasteiger partial charge in [0.15, 0.2) is 5.58 Å². The first-order valence-corrected chi connectivity index (χ1v) is 8.91. The van der Waals surface area contributed by atoms with Crippen LogP contribution in [-0.2, 0) is 6.42 Å². The number of nitrogens with one attached hydrogen (secondary N) is 1. The van der Waals surface area contributed by atoms with E-state index in [-0.39, 0.29) is 5.91 Å². The summed E-state index contributed by atoms with van der Waals surface area (Å²) >= 11 is 5.88. The molecule has 0 aliphatic rings. The molecule has 5 nitrogen and oxygen atoms in total. The molecule has 0 radical (unpaired) electrons. The van der Waals surface area contributed by atoms with Crippen molar-refractivity contribution in [2.45, 2.75) is 6.42 Å². The molecule has 0 aliphatic heterocycles. The Kier molecular flexibility index (Phi) is 4.85. The van der Waals surface area contributed by atoms with Gasteiger partial charge in [-0.2, -0.15) is 0 Å². The van der Waals surface area contributed by atoms with E-state index >= 15 is 0 Å². The normalized spacial score (nSPS) is 10.9. The second-order valence-corrected chi connectivity index (χ2v) is 6.49. The molecule has 134 valence electrons. The van der Waals surface area contributed by atoms with Crippen LogP contribution in [0.15, 0.2) is 71.3 Å². The second kappa shape index (κ2) is 7.60. The van der Waals surface area contributed by atoms with E-state index in [0.29, 0.717) is 39.8 Å². The van der Waals surface area contributed by atoms with Gasteiger partial charge in [0, 0.05) is 23.3 Å². The zero-order valence-electron chi connectivity index (χ0n) is 14.4. The van der Waals surface area contributed by atoms with Crippen molar-refractivity contribution in [3.05, 3.63) is 83.0 Å². The quantitative estimate of drug-likeness (QED) is 0.555. The number of rotatable bonds is 5. The third-order valence-corrected chi connectivity index (χ3v) is 4.40. The zero-order valence-corrected chi connectivity index (χ0v) is 15.1. The highest BCUT2D eigenvalue weighted by molar-refractivity contribution is 6.30. The minimum Gasteiger partial charge on any atom is -0.435 e. The molecule has 4 rings (SSSR count). The molecule has 0 saturated carbocycles. The van der Waals surface area contributed by atoms with Crippen LogP contribution in [-0.4, -0.2) is 22.4 Å². The predicted octanol–water partition coefficient (Wildman–Crippen LogP) is 4.52. The van der Waals surface area contributed by atoms with Gasteiger partial charge in [-0.25, -0.2) is 4.98 Å². The number of fused-ring (bicyclic) bond motifs is 1. The highest BCUT2D eigenvalue weighted by Gasteiger charge is 2.12. The van der Waals surface area contributed by atoms with Crippen LogP contribution in [0.25, 0.3) is 22.7 Å². The maximum Gasteiger partial charge on any atom is 0.251 e. The third-order valence-electron chi connectivity index (χ3n) is 4.15. The lowest BCUT2D eigenvalue weighted by atomic mass is 10.1. The van der Waals surface area contributed by atoms with Gasteiger partial charge in [0.1, 0.15) is 11.2 Å². The van der Waals surface area contributed by atoms with Crippen molar-refractivity contribution in [2.75, 3.05) is 6.54 Å². The fourth-order valence-corrected chi connectivity index (χ4v) is 2.87. The number of benzene rings is 2. The van der Waals surface area contributed by atoms with Gasteiger partial charge < -0.3 is 9.73 Å². The monoisotopic (exact) mass is 377 g/mol. The van der Waals surface area contributed by atoms with E-state index in [1.807, 2.05) is 42.5 Å². The van der Waals surface area contributed by atoms with Gasteiger partial charge in [-0.05, 0) is 54.4 Å². The topological polar surface area (TPSA) is 68.0 Å². The molecule has 0 spiro atoms. The molecule has 1 amide bonds. The summed E-state index contributed by atoms with van der Waals surface area (Å²) in [5.41, 5.74) is 3.56. The minimum absolute atomic E-state index is 0.145. The van der Waals surface area contributed by atoms with Crippen molar-refractivity contribution in [1.29, 1.82) is 0 Å². The number of amides is 1. The summed E-state index contributed by atoms with van der Waals surface area (Å²) in [6.45, 7) is 0.538. The molecule has 4 aromatic rings. The SMILES string of the molecule is O=C(NCCc1ccc(Cl)cc1)c1ccc2oc(-c3ccccn3)nc2c1. The van der Waals surface area contributed by atoms with E-state index in [2.05, 4.69) is 15.3 Å². The molecule has 0 saturated heterocycles. The van der Waals surface area contributed by atoms with Gasteiger partial charge >= 0.3 is 0 Å². The third kappa shape index (κ3) is 3.99. The Morgan fingerprint density at radius 1 is 1.07 bits per heavy atom. The molecule has 6 heteroatoms. The molecule has 2 heterocycles. The lowest BCUT2D eigenvalue weighted by Gasteiger charge is -2.05. The summed E-state index contributed by atoms with van der Waals surface area (Å²) in [6, 6.07) is 18.3. The van der Waals surface area contributed by atoms with E-state index in [4.69, 9.17) is 16.0 Å². The molecular formula is C21H16ClN3O2. The van der Waals surface area contributed by atoms with Gasteiger partial charge in [0.2, 0.25) is 5.89 Å². The fraction of sp³-hybridized carbons (Fsp3) is 0.0952. The lowest BCUT2D eigenvalue weighted by molar-refractivity contribution is 0.0954. The number of halogens is 1. The van der Waals surface area contributed by atoms with Crippen LogP contribution in [0.1, 0.15) is 15.9 Å². The largest absolute Gasteiger partial charge is 0.435 e. The Bertz CT molecular complexity index is 1080. The van der Waals surface area contributed by atoms with Crippen LogP contribution >= 0.6 is 11.6 Å². The van der Waals surface area contributed by atoms with E-state index in [9.17, 15) is 4.79 Å². The molecule has 0 aliphatic carbocycles. The summed E-state index contributed by atoms with van der Waals surface area (Å²) in [5, 5.41) is 3.63. The molecule has 1 N–H and O–H groups in total. The van der Waals surface area contributed by atoms with Gasteiger partial charge in [0.25, 0.3) is 5.91 Å². The van der Waals surface area contributed by atoms with Gasteiger partial charge in [0.05, 0.1) is 0 Å². The summed E-state index contributed by atoms with van der Waals surface area (Å²) in [7, 11) is 0. The highest BCUT2D eigenvalue weighted by atomic mass is 35.5. The predicted molar refractivity (Wildman–Crippen MR) is 105 cm³/mol. The number of pyridine rings is 1. The van der Waals surface area contributed by atoms with Crippen LogP contribution in [0.4, 0.5) is 0 Å². The summed E-state index contributed by atoms with van der Waals surface area (Å²) in [4.78, 5) is 21.1. The number of carbonyl (C=O) groups is 1. The van der Waals surface area contributed by atoms with Crippen LogP contribution in [0.2, 0.25) is 5.02 Å². The first-order chi connectivity index (χ1) is 13.2. The average Bonchev–Trinajstić information content (AvgIpc) is 3.13. The van der Waals surface area contributed by atoms with Gasteiger partial charge in [-0.3, -0.25) is 9.78 Å². The molecule has 27 heavy (non-hydrogen) atoms. The van der Waals surface area contributed by atoms with Crippen molar-refractivity contribution in [3.63, 3.8) is 0 Å². The van der Waals surface area contributed by atoms with E-state index in [1.165, 1.54) is 0 Å². The Labute approximate surface area is 161 Å². The number of hydrogen-bond donors (Lipinski definition) is 1. The molecule has 0 unspecified atom stereocenters. The first-order valence-electron chi connectivity index (χ1n) is 8.54. The number of hydrogen-bond acceptors (Lipinski definition) is 4. The van der Waals surface area contributed by atoms with E-state index in [0.717, 1.165) is 12.0 Å². The molecular weight excluding hydrogens is 362 g/mol. The van der Waals surface area contributed by atoms with Crippen molar-refractivity contribution < 1.29 is 9.21 Å². The van der Waals surface area contributed by atoms with Crippen molar-refractivity contribution in [2.24, 2.45) is 0 Å². The van der Waals surface area contributed by atoms with Crippen molar-refractivity contribution >= 4 is 28.6 Å². The number of oxazole rings is 1. The second-order valence-electron chi connectivity index (χ2n) is 6.05. The zero-order chi connectivity index (χ0) is 18.6. The van der Waals surface area contributed by atoms with Gasteiger partial charge in [-0.1, -0.05) is 29.8 Å². The Morgan fingerprint density at radius 2 is 1.93 bits per heavy atom. The average molecular weight is 378 g/mol. The maximum absolute atomic E-state index is 12.4. The standard InChI is InChI=1S/C21H16ClN3O2/c22-16-7-4-14(5-8-16)10-12-24-20(26)15-6-9-19-18(13-15)25-21(27-19)17-3-1-2-11-23-17/h1-9,11,13H,10,12H2,(H,24,26). The minimum atomic E-state index is -0.145. The van der Waals surface area contributed by atoms with Gasteiger partial charge in [-0.15, -0.1) is 0 Å². The number of nitrogens with zero attached hydrogens (tertiary/aromatic N) is 2. The lowest BCUT2D eigenvalue weighted by Crippen LogP contribution is -2.25. The molecule has 0 bridgehead atoms. The first kappa shape index (κ1) is 17.2. The Balaban J connectivity index is 1.45. The van der Waals surface area contributed by atoms with Crippen LogP contribution in [0.3, 0.4) is 0 Å². The molecule has 2 aromatic heterocycles. The van der Waals surface area contributed by atoms with Crippen LogP contribution < -0.4 is 5.32 Å². The maximum atomic E-state index is 12.4. The van der Waals surface area contributed by atoms with E-state index in [1.54, 1.807) is 24.4 Å². The Hall–Kier alpha value is -3.18. The Morgan fingerprint density at radius 3 is 2.70 bits per heavy atom.